The Morgan fingerprint density at radius 1 is 1.40 bits per heavy atom. The fourth-order valence-corrected chi connectivity index (χ4v) is 1.90. The van der Waals surface area contributed by atoms with Gasteiger partial charge in [-0.25, -0.2) is 5.14 Å². The highest BCUT2D eigenvalue weighted by molar-refractivity contribution is 7.90. The maximum absolute atomic E-state index is 10.7. The van der Waals surface area contributed by atoms with E-state index in [1.807, 2.05) is 19.0 Å². The number of benzene rings is 1. The van der Waals surface area contributed by atoms with Gasteiger partial charge in [-0.1, -0.05) is 11.6 Å². The highest BCUT2D eigenvalue weighted by Gasteiger charge is 2.06. The number of hydrogen-bond acceptors (Lipinski definition) is 3. The molecule has 1 aromatic carbocycles. The van der Waals surface area contributed by atoms with Crippen LogP contribution in [0.15, 0.2) is 18.2 Å². The van der Waals surface area contributed by atoms with Gasteiger partial charge in [-0.2, -0.15) is 8.42 Å². The Labute approximate surface area is 94.0 Å². The minimum absolute atomic E-state index is 0.341. The SMILES string of the molecule is CN(C)c1ccc(NS(N)(=O)=O)cc1Cl. The molecule has 7 heteroatoms. The lowest BCUT2D eigenvalue weighted by Crippen LogP contribution is -2.21. The number of nitrogens with zero attached hydrogens (tertiary/aromatic N) is 1. The summed E-state index contributed by atoms with van der Waals surface area (Å²) in [4.78, 5) is 1.82. The second-order valence-electron chi connectivity index (χ2n) is 3.21. The Morgan fingerprint density at radius 2 is 2.00 bits per heavy atom. The van der Waals surface area contributed by atoms with Gasteiger partial charge < -0.3 is 4.90 Å². The molecule has 0 saturated heterocycles. The first kappa shape index (κ1) is 12.1. The molecule has 0 radical (unpaired) electrons. The van der Waals surface area contributed by atoms with Crippen LogP contribution >= 0.6 is 11.6 Å². The van der Waals surface area contributed by atoms with Crippen molar-refractivity contribution in [2.45, 2.75) is 0 Å². The smallest absolute Gasteiger partial charge is 0.296 e. The van der Waals surface area contributed by atoms with Crippen LogP contribution in [0.3, 0.4) is 0 Å². The minimum Gasteiger partial charge on any atom is -0.376 e. The maximum Gasteiger partial charge on any atom is 0.296 e. The Bertz CT molecular complexity index is 459. The van der Waals surface area contributed by atoms with E-state index in [0.29, 0.717) is 10.7 Å². The van der Waals surface area contributed by atoms with Gasteiger partial charge in [0, 0.05) is 14.1 Å². The van der Waals surface area contributed by atoms with Crippen molar-refractivity contribution < 1.29 is 8.42 Å². The average Bonchev–Trinajstić information content (AvgIpc) is 1.99. The van der Waals surface area contributed by atoms with E-state index in [0.717, 1.165) is 5.69 Å². The number of anilines is 2. The van der Waals surface area contributed by atoms with Gasteiger partial charge in [0.2, 0.25) is 0 Å². The molecule has 84 valence electrons. The summed E-state index contributed by atoms with van der Waals surface area (Å²) in [6, 6.07) is 4.79. The second-order valence-corrected chi connectivity index (χ2v) is 4.91. The van der Waals surface area contributed by atoms with Crippen molar-refractivity contribution in [2.24, 2.45) is 5.14 Å². The summed E-state index contributed by atoms with van der Waals surface area (Å²) in [5, 5.41) is 5.28. The zero-order chi connectivity index (χ0) is 11.6. The van der Waals surface area contributed by atoms with Gasteiger partial charge in [-0.15, -0.1) is 0 Å². The molecule has 1 rings (SSSR count). The molecule has 0 aliphatic rings. The molecule has 0 fully saturated rings. The van der Waals surface area contributed by atoms with E-state index in [-0.39, 0.29) is 0 Å². The molecular formula is C8H12ClN3O2S. The van der Waals surface area contributed by atoms with E-state index < -0.39 is 10.2 Å². The van der Waals surface area contributed by atoms with Crippen LogP contribution in [0.25, 0.3) is 0 Å². The third kappa shape index (κ3) is 3.58. The van der Waals surface area contributed by atoms with Gasteiger partial charge in [0.15, 0.2) is 0 Å². The largest absolute Gasteiger partial charge is 0.376 e. The van der Waals surface area contributed by atoms with Crippen LogP contribution in [0, 0.1) is 0 Å². The number of nitrogens with one attached hydrogen (secondary N) is 1. The van der Waals surface area contributed by atoms with Crippen molar-refractivity contribution in [3.05, 3.63) is 23.2 Å². The maximum atomic E-state index is 10.7. The molecule has 15 heavy (non-hydrogen) atoms. The van der Waals surface area contributed by atoms with Crippen LogP contribution in [0.2, 0.25) is 5.02 Å². The lowest BCUT2D eigenvalue weighted by Gasteiger charge is -2.15. The molecule has 0 heterocycles. The molecule has 0 aliphatic heterocycles. The molecule has 3 N–H and O–H groups in total. The molecule has 5 nitrogen and oxygen atoms in total. The topological polar surface area (TPSA) is 75.4 Å². The zero-order valence-corrected chi connectivity index (χ0v) is 9.93. The third-order valence-electron chi connectivity index (χ3n) is 1.69. The van der Waals surface area contributed by atoms with Crippen molar-refractivity contribution >= 4 is 33.2 Å². The molecule has 1 aromatic rings. The highest BCUT2D eigenvalue weighted by Crippen LogP contribution is 2.27. The quantitative estimate of drug-likeness (QED) is 0.840. The van der Waals surface area contributed by atoms with Crippen molar-refractivity contribution in [3.8, 4) is 0 Å². The van der Waals surface area contributed by atoms with E-state index in [2.05, 4.69) is 4.72 Å². The zero-order valence-electron chi connectivity index (χ0n) is 8.36. The second kappa shape index (κ2) is 4.26. The van der Waals surface area contributed by atoms with Crippen LogP contribution in [-0.4, -0.2) is 22.5 Å². The van der Waals surface area contributed by atoms with Crippen molar-refractivity contribution in [1.29, 1.82) is 0 Å². The van der Waals surface area contributed by atoms with Gasteiger partial charge in [0.25, 0.3) is 10.2 Å². The summed E-state index contributed by atoms with van der Waals surface area (Å²) in [6.45, 7) is 0. The normalized spacial score (nSPS) is 11.2. The fraction of sp³-hybridized carbons (Fsp3) is 0.250. The lowest BCUT2D eigenvalue weighted by atomic mass is 10.3. The van der Waals surface area contributed by atoms with Gasteiger partial charge in [0.05, 0.1) is 16.4 Å². The Hall–Kier alpha value is -0.980. The average molecular weight is 250 g/mol. The molecule has 0 bridgehead atoms. The van der Waals surface area contributed by atoms with Gasteiger partial charge in [-0.05, 0) is 18.2 Å². The van der Waals surface area contributed by atoms with Gasteiger partial charge >= 0.3 is 0 Å². The minimum atomic E-state index is -3.75. The predicted molar refractivity (Wildman–Crippen MR) is 62.5 cm³/mol. The highest BCUT2D eigenvalue weighted by atomic mass is 35.5. The van der Waals surface area contributed by atoms with E-state index in [1.165, 1.54) is 6.07 Å². The van der Waals surface area contributed by atoms with Crippen LogP contribution in [0.4, 0.5) is 11.4 Å². The first-order valence-electron chi connectivity index (χ1n) is 4.07. The fourth-order valence-electron chi connectivity index (χ4n) is 1.10. The number of halogens is 1. The van der Waals surface area contributed by atoms with Crippen LogP contribution < -0.4 is 14.8 Å². The monoisotopic (exact) mass is 249 g/mol. The molecular weight excluding hydrogens is 238 g/mol. The summed E-state index contributed by atoms with van der Waals surface area (Å²) in [6.07, 6.45) is 0. The standard InChI is InChI=1S/C8H12ClN3O2S/c1-12(2)8-4-3-6(5-7(8)9)11-15(10,13)14/h3-5,11H,1-2H3,(H2,10,13,14). The predicted octanol–water partition coefficient (Wildman–Crippen LogP) is 1.02. The molecule has 0 saturated carbocycles. The molecule has 0 aromatic heterocycles. The Morgan fingerprint density at radius 3 is 2.40 bits per heavy atom. The Kier molecular flexibility index (Phi) is 3.43. The third-order valence-corrected chi connectivity index (χ3v) is 2.51. The first-order valence-corrected chi connectivity index (χ1v) is 5.99. The molecule has 0 spiro atoms. The van der Waals surface area contributed by atoms with Gasteiger partial charge in [0.1, 0.15) is 0 Å². The number of nitrogens with two attached hydrogens (primary N) is 1. The molecule has 0 aliphatic carbocycles. The number of rotatable bonds is 3. The lowest BCUT2D eigenvalue weighted by molar-refractivity contribution is 0.603. The van der Waals surface area contributed by atoms with E-state index in [4.69, 9.17) is 16.7 Å². The van der Waals surface area contributed by atoms with Crippen molar-refractivity contribution in [2.75, 3.05) is 23.7 Å². The summed E-state index contributed by atoms with van der Waals surface area (Å²) >= 11 is 5.94. The molecule has 0 atom stereocenters. The molecule has 0 unspecified atom stereocenters. The first-order chi connectivity index (χ1) is 6.79. The summed E-state index contributed by atoms with van der Waals surface area (Å²) in [5.74, 6) is 0. The van der Waals surface area contributed by atoms with E-state index in [1.54, 1.807) is 12.1 Å². The summed E-state index contributed by atoms with van der Waals surface area (Å²) in [7, 11) is -0.0668. The number of hydrogen-bond donors (Lipinski definition) is 2. The van der Waals surface area contributed by atoms with Crippen molar-refractivity contribution in [3.63, 3.8) is 0 Å². The van der Waals surface area contributed by atoms with Crippen molar-refractivity contribution in [1.82, 2.24) is 0 Å². The van der Waals surface area contributed by atoms with Crippen LogP contribution in [-0.2, 0) is 10.2 Å². The van der Waals surface area contributed by atoms with E-state index in [9.17, 15) is 8.42 Å². The van der Waals surface area contributed by atoms with Crippen LogP contribution in [0.5, 0.6) is 0 Å². The van der Waals surface area contributed by atoms with Gasteiger partial charge in [-0.3, -0.25) is 4.72 Å². The Balaban J connectivity index is 3.02. The van der Waals surface area contributed by atoms with Crippen LogP contribution in [0.1, 0.15) is 0 Å². The molecule has 0 amide bonds. The summed E-state index contributed by atoms with van der Waals surface area (Å²) in [5.41, 5.74) is 1.14. The van der Waals surface area contributed by atoms with E-state index >= 15 is 0 Å². The summed E-state index contributed by atoms with van der Waals surface area (Å²) < 4.78 is 23.6.